The second kappa shape index (κ2) is 26.4. The van der Waals surface area contributed by atoms with Crippen LogP contribution in [-0.4, -0.2) is 77.2 Å². The molecule has 0 aliphatic heterocycles. The first-order chi connectivity index (χ1) is 28.3. The zero-order chi connectivity index (χ0) is 43.8. The van der Waals surface area contributed by atoms with E-state index in [0.29, 0.717) is 11.5 Å². The minimum atomic E-state index is -1.60. The van der Waals surface area contributed by atoms with Crippen molar-refractivity contribution < 1.29 is 133 Å². The van der Waals surface area contributed by atoms with E-state index in [1.807, 2.05) is 48.5 Å². The third-order valence-corrected chi connectivity index (χ3v) is 8.95. The smallest absolute Gasteiger partial charge is 0.542 e. The molecule has 0 fully saturated rings. The summed E-state index contributed by atoms with van der Waals surface area (Å²) in [5.74, 6) is -2.75. The second-order valence-corrected chi connectivity index (χ2v) is 15.8. The topological polar surface area (TPSA) is 313 Å². The summed E-state index contributed by atoms with van der Waals surface area (Å²) in [6.07, 6.45) is -1.94. The van der Waals surface area contributed by atoms with E-state index in [1.54, 1.807) is 12.1 Å². The van der Waals surface area contributed by atoms with Gasteiger partial charge in [-0.25, -0.2) is 0 Å². The Balaban J connectivity index is 0.00000117. The minimum Gasteiger partial charge on any atom is -0.542 e. The van der Waals surface area contributed by atoms with Crippen molar-refractivity contribution in [3.8, 4) is 23.0 Å². The maximum atomic E-state index is 12.1. The van der Waals surface area contributed by atoms with Gasteiger partial charge in [-0.1, -0.05) is 90.1 Å². The first-order valence-electron chi connectivity index (χ1n) is 19.0. The quantitative estimate of drug-likeness (QED) is 0.0987. The number of carbonyl (C=O) groups is 2. The van der Waals surface area contributed by atoms with Gasteiger partial charge in [0.2, 0.25) is 0 Å². The fourth-order valence-corrected chi connectivity index (χ4v) is 6.00. The van der Waals surface area contributed by atoms with Gasteiger partial charge >= 0.3 is 59.1 Å². The van der Waals surface area contributed by atoms with E-state index in [1.165, 1.54) is 24.3 Å². The Hall–Kier alpha value is -4.76. The van der Waals surface area contributed by atoms with Crippen LogP contribution < -0.4 is 99.1 Å². The number of benzene rings is 4. The summed E-state index contributed by atoms with van der Waals surface area (Å²) in [6, 6.07) is 26.1. The summed E-state index contributed by atoms with van der Waals surface area (Å²) in [7, 11) is 0. The molecule has 0 radical (unpaired) electrons. The van der Waals surface area contributed by atoms with E-state index in [4.69, 9.17) is 27.8 Å². The van der Waals surface area contributed by atoms with Gasteiger partial charge in [0.15, 0.2) is 45.0 Å². The molecular weight excluding hydrogens is 870 g/mol. The number of carboxylic acids is 2. The van der Waals surface area contributed by atoms with Crippen molar-refractivity contribution in [3.63, 3.8) is 0 Å². The number of para-hydroxylation sites is 4. The number of aromatic carboxylic acids is 2. The molecule has 0 aliphatic carbocycles. The summed E-state index contributed by atoms with van der Waals surface area (Å²) in [5.41, 5.74) is 0.718. The van der Waals surface area contributed by atoms with Crippen molar-refractivity contribution in [1.82, 2.24) is 0 Å². The van der Waals surface area contributed by atoms with Crippen LogP contribution in [0.1, 0.15) is 73.8 Å². The number of carbonyl (C=O) groups excluding carboxylic acids is 2. The first-order valence-corrected chi connectivity index (χ1v) is 19.0. The van der Waals surface area contributed by atoms with Crippen molar-refractivity contribution in [2.24, 2.45) is 0 Å². The third kappa shape index (κ3) is 16.3. The van der Waals surface area contributed by atoms with Crippen LogP contribution in [0.5, 0.6) is 23.0 Å². The average Bonchev–Trinajstić information content (AvgIpc) is 3.20. The molecule has 2 unspecified atom stereocenters. The molecule has 0 saturated carbocycles. The Bertz CT molecular complexity index is 2410. The van der Waals surface area contributed by atoms with Crippen LogP contribution in [-0.2, 0) is 10.8 Å². The Morgan fingerprint density at radius 3 is 1.12 bits per heavy atom. The van der Waals surface area contributed by atoms with Crippen LogP contribution in [0.3, 0.4) is 0 Å². The monoisotopic (exact) mass is 922 g/mol. The molecule has 0 spiro atoms. The Kier molecular flexibility index (Phi) is 24.5. The molecule has 0 aliphatic rings. The number of hydrogen-bond donors (Lipinski definition) is 2. The number of rotatable bonds is 14. The summed E-state index contributed by atoms with van der Waals surface area (Å²) in [6.45, 7) is 12.1. The largest absolute Gasteiger partial charge is 1.00 e. The molecule has 2 heterocycles. The van der Waals surface area contributed by atoms with Crippen LogP contribution in [0.4, 0.5) is 0 Å². The predicted octanol–water partition coefficient (Wildman–Crippen LogP) is -3.92. The van der Waals surface area contributed by atoms with Crippen LogP contribution >= 0.6 is 0 Å². The molecule has 0 bridgehead atoms. The summed E-state index contributed by atoms with van der Waals surface area (Å²) in [4.78, 5) is 46.3. The number of aliphatic hydroxyl groups excluding tert-OH is 2. The molecule has 4 aromatic carbocycles. The molecule has 19 heteroatoms. The summed E-state index contributed by atoms with van der Waals surface area (Å²) < 4.78 is 33.2. The van der Waals surface area contributed by atoms with E-state index in [2.05, 4.69) is 41.5 Å². The molecule has 65 heavy (non-hydrogen) atoms. The molecule has 17 nitrogen and oxygen atoms in total. The fourth-order valence-electron chi connectivity index (χ4n) is 6.00. The Morgan fingerprint density at radius 1 is 0.523 bits per heavy atom. The zero-order valence-electron chi connectivity index (χ0n) is 37.5. The first kappa shape index (κ1) is 60.2. The van der Waals surface area contributed by atoms with Crippen molar-refractivity contribution in [2.45, 2.75) is 64.6 Å². The van der Waals surface area contributed by atoms with Gasteiger partial charge in [-0.3, -0.25) is 9.59 Å². The van der Waals surface area contributed by atoms with Gasteiger partial charge in [-0.05, 0) is 58.4 Å². The van der Waals surface area contributed by atoms with Gasteiger partial charge in [-0.2, -0.15) is 0 Å². The van der Waals surface area contributed by atoms with E-state index < -0.39 is 46.5 Å². The van der Waals surface area contributed by atoms with Crippen LogP contribution in [0.25, 0.3) is 21.9 Å². The number of fused-ring (bicyclic) bond motifs is 2. The fraction of sp³-hybridized carbons (Fsp3) is 0.304. The van der Waals surface area contributed by atoms with Crippen LogP contribution in [0.2, 0.25) is 0 Å². The number of ether oxygens (including phenoxy) is 4. The summed E-state index contributed by atoms with van der Waals surface area (Å²) >= 11 is 0. The van der Waals surface area contributed by atoms with Gasteiger partial charge in [0, 0.05) is 12.1 Å². The molecule has 340 valence electrons. The zero-order valence-corrected chi connectivity index (χ0v) is 41.5. The Labute approximate surface area is 418 Å². The SMILES string of the molecule is CC(C)(C)c1ccccc1OCC(O)COc1cccc2c(=O)cc(C(=O)[O-])oc12.CC(C)(C)c1ccccc1OCC(O)COc1cccc2c(=O)cc(C(=O)[O-])oc12.O.O.O.[Na+].[Na+]. The molecule has 0 saturated heterocycles. The number of aliphatic hydroxyl groups is 2. The van der Waals surface area contributed by atoms with Gasteiger partial charge < -0.3 is 74.2 Å². The van der Waals surface area contributed by atoms with E-state index >= 15 is 0 Å². The van der Waals surface area contributed by atoms with Gasteiger partial charge in [0.1, 0.15) is 62.1 Å². The molecule has 6 aromatic rings. The van der Waals surface area contributed by atoms with Crippen molar-refractivity contribution >= 4 is 33.9 Å². The molecule has 2 aromatic heterocycles. The summed E-state index contributed by atoms with van der Waals surface area (Å²) in [5, 5.41) is 43.0. The molecule has 6 rings (SSSR count). The molecule has 8 N–H and O–H groups in total. The second-order valence-electron chi connectivity index (χ2n) is 15.8. The molecule has 0 amide bonds. The van der Waals surface area contributed by atoms with Crippen molar-refractivity contribution in [1.29, 1.82) is 0 Å². The normalized spacial score (nSPS) is 11.6. The maximum absolute atomic E-state index is 12.1. The predicted molar refractivity (Wildman–Crippen MR) is 229 cm³/mol. The standard InChI is InChI=1S/2C23H24O7.2Na.3H2O/c2*1-23(2,3)16-8-4-5-9-18(16)28-12-14(24)13-29-19-10-6-7-15-17(25)11-20(22(26)27)30-21(15)19;;;;;/h2*4-11,14,24H,12-13H2,1-3H3,(H,26,27);;;3*1H2/q;;2*+1;;;/p-2. The van der Waals surface area contributed by atoms with E-state index in [9.17, 15) is 39.6 Å². The van der Waals surface area contributed by atoms with Crippen LogP contribution in [0, 0.1) is 0 Å². The van der Waals surface area contributed by atoms with Gasteiger partial charge in [0.25, 0.3) is 0 Å². The minimum absolute atomic E-state index is 0. The number of hydrogen-bond acceptors (Lipinski definition) is 14. The maximum Gasteiger partial charge on any atom is 1.00 e. The average molecular weight is 923 g/mol. The Morgan fingerprint density at radius 2 is 0.815 bits per heavy atom. The molecular formula is C46H52Na2O17. The molecule has 2 atom stereocenters. The third-order valence-electron chi connectivity index (χ3n) is 8.95. The van der Waals surface area contributed by atoms with Crippen molar-refractivity contribution in [3.05, 3.63) is 140 Å². The van der Waals surface area contributed by atoms with Gasteiger partial charge in [0.05, 0.1) is 10.8 Å². The van der Waals surface area contributed by atoms with Gasteiger partial charge in [-0.15, -0.1) is 0 Å². The number of carboxylic acid groups (broad SMARTS) is 2. The van der Waals surface area contributed by atoms with Crippen LogP contribution in [0.15, 0.2) is 115 Å². The van der Waals surface area contributed by atoms with Crippen molar-refractivity contribution in [2.75, 3.05) is 26.4 Å². The van der Waals surface area contributed by atoms with E-state index in [-0.39, 0.29) is 146 Å². The van der Waals surface area contributed by atoms with E-state index in [0.717, 1.165) is 23.3 Å².